The van der Waals surface area contributed by atoms with Crippen LogP contribution in [0.4, 0.5) is 0 Å². The third kappa shape index (κ3) is 3.16. The Morgan fingerprint density at radius 2 is 2.12 bits per heavy atom. The first kappa shape index (κ1) is 16.2. The molecule has 1 N–H and O–H groups in total. The number of nitrogens with one attached hydrogen (secondary N) is 1. The van der Waals surface area contributed by atoms with Crippen molar-refractivity contribution in [2.75, 3.05) is 20.3 Å². The number of aryl methyl sites for hydroxylation is 1. The summed E-state index contributed by atoms with van der Waals surface area (Å²) in [7, 11) is 1.65. The van der Waals surface area contributed by atoms with E-state index >= 15 is 0 Å². The molecule has 0 aliphatic carbocycles. The number of rotatable bonds is 5. The van der Waals surface area contributed by atoms with Crippen LogP contribution < -0.4 is 19.5 Å². The highest BCUT2D eigenvalue weighted by Gasteiger charge is 2.21. The fourth-order valence-corrected chi connectivity index (χ4v) is 3.44. The van der Waals surface area contributed by atoms with Crippen molar-refractivity contribution < 1.29 is 14.2 Å². The average Bonchev–Trinajstić information content (AvgIpc) is 3.09. The van der Waals surface area contributed by atoms with Gasteiger partial charge in [-0.2, -0.15) is 0 Å². The highest BCUT2D eigenvalue weighted by Crippen LogP contribution is 2.40. The van der Waals surface area contributed by atoms with Crippen LogP contribution in [0.15, 0.2) is 12.1 Å². The summed E-state index contributed by atoms with van der Waals surface area (Å²) < 4.78 is 19.1. The van der Waals surface area contributed by atoms with Gasteiger partial charge in [0.15, 0.2) is 11.5 Å². The first-order chi connectivity index (χ1) is 12.3. The number of aromatic nitrogens is 3. The zero-order valence-corrected chi connectivity index (χ0v) is 14.7. The lowest BCUT2D eigenvalue weighted by atomic mass is 10.1. The van der Waals surface area contributed by atoms with Crippen LogP contribution in [0.2, 0.25) is 0 Å². The van der Waals surface area contributed by atoms with E-state index in [1.807, 2.05) is 12.1 Å². The zero-order chi connectivity index (χ0) is 17.2. The van der Waals surface area contributed by atoms with Crippen LogP contribution in [0.25, 0.3) is 0 Å². The number of ether oxygens (including phenoxy) is 3. The van der Waals surface area contributed by atoms with Crippen LogP contribution in [-0.4, -0.2) is 35.1 Å². The molecule has 0 spiro atoms. The summed E-state index contributed by atoms with van der Waals surface area (Å²) in [6.45, 7) is 4.95. The van der Waals surface area contributed by atoms with Crippen molar-refractivity contribution in [3.8, 4) is 17.2 Å². The number of methoxy groups -OCH3 is 1. The minimum absolute atomic E-state index is 0.124. The number of hydrogen-bond acceptors (Lipinski definition) is 6. The summed E-state index contributed by atoms with van der Waals surface area (Å²) in [6.07, 6.45) is 3.43. The summed E-state index contributed by atoms with van der Waals surface area (Å²) in [5.41, 5.74) is 1.09. The van der Waals surface area contributed by atoms with Crippen molar-refractivity contribution in [2.45, 2.75) is 45.3 Å². The van der Waals surface area contributed by atoms with Gasteiger partial charge in [-0.05, 0) is 37.5 Å². The van der Waals surface area contributed by atoms with Crippen molar-refractivity contribution >= 4 is 0 Å². The molecule has 25 heavy (non-hydrogen) atoms. The SMILES string of the molecule is COc1cc(CN[C@@H](C)c2nnc3n2CCCC3)cc2c1OCCO2. The lowest BCUT2D eigenvalue weighted by Gasteiger charge is -2.22. The number of nitrogens with zero attached hydrogens (tertiary/aromatic N) is 3. The van der Waals surface area contributed by atoms with Gasteiger partial charge in [0, 0.05) is 19.5 Å². The number of hydrogen-bond donors (Lipinski definition) is 1. The Bertz CT molecular complexity index is 742. The van der Waals surface area contributed by atoms with E-state index in [9.17, 15) is 0 Å². The topological polar surface area (TPSA) is 70.4 Å². The molecule has 1 aromatic carbocycles. The number of fused-ring (bicyclic) bond motifs is 2. The second kappa shape index (κ2) is 6.92. The fraction of sp³-hybridized carbons (Fsp3) is 0.556. The Kier molecular flexibility index (Phi) is 4.48. The van der Waals surface area contributed by atoms with Gasteiger partial charge in [-0.3, -0.25) is 0 Å². The van der Waals surface area contributed by atoms with E-state index in [4.69, 9.17) is 14.2 Å². The molecule has 134 valence electrons. The molecule has 7 heteroatoms. The van der Waals surface area contributed by atoms with Crippen LogP contribution in [0.3, 0.4) is 0 Å². The third-order valence-corrected chi connectivity index (χ3v) is 4.78. The molecule has 0 saturated heterocycles. The fourth-order valence-electron chi connectivity index (χ4n) is 3.44. The molecule has 2 aliphatic rings. The minimum Gasteiger partial charge on any atom is -0.493 e. The molecule has 0 amide bonds. The van der Waals surface area contributed by atoms with Crippen LogP contribution in [0.1, 0.15) is 43.0 Å². The van der Waals surface area contributed by atoms with Gasteiger partial charge in [0.05, 0.1) is 13.2 Å². The predicted molar refractivity (Wildman–Crippen MR) is 92.2 cm³/mol. The van der Waals surface area contributed by atoms with Crippen LogP contribution in [0.5, 0.6) is 17.2 Å². The van der Waals surface area contributed by atoms with Gasteiger partial charge in [0.25, 0.3) is 0 Å². The van der Waals surface area contributed by atoms with Gasteiger partial charge >= 0.3 is 0 Å². The third-order valence-electron chi connectivity index (χ3n) is 4.78. The highest BCUT2D eigenvalue weighted by atomic mass is 16.6. The Hall–Kier alpha value is -2.28. The smallest absolute Gasteiger partial charge is 0.203 e. The minimum atomic E-state index is 0.124. The monoisotopic (exact) mass is 344 g/mol. The van der Waals surface area contributed by atoms with Crippen molar-refractivity contribution in [1.29, 1.82) is 0 Å². The van der Waals surface area contributed by atoms with Crippen molar-refractivity contribution in [3.63, 3.8) is 0 Å². The van der Waals surface area contributed by atoms with E-state index in [0.29, 0.717) is 31.3 Å². The van der Waals surface area contributed by atoms with E-state index < -0.39 is 0 Å². The molecule has 4 rings (SSSR count). The summed E-state index contributed by atoms with van der Waals surface area (Å²) >= 11 is 0. The van der Waals surface area contributed by atoms with E-state index in [2.05, 4.69) is 27.0 Å². The second-order valence-electron chi connectivity index (χ2n) is 6.51. The Morgan fingerprint density at radius 3 is 3.00 bits per heavy atom. The molecule has 3 heterocycles. The van der Waals surface area contributed by atoms with Crippen molar-refractivity contribution in [3.05, 3.63) is 29.3 Å². The maximum absolute atomic E-state index is 5.70. The Balaban J connectivity index is 1.48. The molecule has 0 bridgehead atoms. The van der Waals surface area contributed by atoms with E-state index in [1.54, 1.807) is 7.11 Å². The molecular formula is C18H24N4O3. The molecule has 0 radical (unpaired) electrons. The molecule has 2 aromatic rings. The molecule has 1 atom stereocenters. The van der Waals surface area contributed by atoms with Crippen LogP contribution >= 0.6 is 0 Å². The number of benzene rings is 1. The molecule has 0 fully saturated rings. The first-order valence-electron chi connectivity index (χ1n) is 8.88. The maximum atomic E-state index is 5.70. The lowest BCUT2D eigenvalue weighted by molar-refractivity contribution is 0.165. The van der Waals surface area contributed by atoms with E-state index in [-0.39, 0.29) is 6.04 Å². The molecule has 1 aromatic heterocycles. The molecule has 2 aliphatic heterocycles. The van der Waals surface area contributed by atoms with Crippen LogP contribution in [0, 0.1) is 0 Å². The predicted octanol–water partition coefficient (Wildman–Crippen LogP) is 2.25. The summed E-state index contributed by atoms with van der Waals surface area (Å²) in [6, 6.07) is 4.13. The van der Waals surface area contributed by atoms with Crippen molar-refractivity contribution in [2.24, 2.45) is 0 Å². The maximum Gasteiger partial charge on any atom is 0.203 e. The highest BCUT2D eigenvalue weighted by molar-refractivity contribution is 5.54. The normalized spacial score (nSPS) is 17.0. The standard InChI is InChI=1S/C18H24N4O3/c1-12(18-21-20-16-5-3-4-6-22(16)18)19-11-13-9-14(23-2)17-15(10-13)24-7-8-25-17/h9-10,12,19H,3-8,11H2,1-2H3/t12-/m0/s1. The van der Waals surface area contributed by atoms with Gasteiger partial charge in [-0.25, -0.2) is 0 Å². The summed E-state index contributed by atoms with van der Waals surface area (Å²) in [5, 5.41) is 12.3. The van der Waals surface area contributed by atoms with E-state index in [1.165, 1.54) is 12.8 Å². The van der Waals surface area contributed by atoms with Gasteiger partial charge in [0.1, 0.15) is 24.9 Å². The van der Waals surface area contributed by atoms with Gasteiger partial charge < -0.3 is 24.1 Å². The Labute approximate surface area is 147 Å². The summed E-state index contributed by atoms with van der Waals surface area (Å²) in [5.74, 6) is 4.27. The molecule has 0 saturated carbocycles. The Morgan fingerprint density at radius 1 is 1.24 bits per heavy atom. The molecular weight excluding hydrogens is 320 g/mol. The lowest BCUT2D eigenvalue weighted by Crippen LogP contribution is -2.24. The first-order valence-corrected chi connectivity index (χ1v) is 8.88. The molecule has 7 nitrogen and oxygen atoms in total. The van der Waals surface area contributed by atoms with Crippen molar-refractivity contribution in [1.82, 2.24) is 20.1 Å². The summed E-state index contributed by atoms with van der Waals surface area (Å²) in [4.78, 5) is 0. The zero-order valence-electron chi connectivity index (χ0n) is 14.7. The van der Waals surface area contributed by atoms with Crippen LogP contribution in [-0.2, 0) is 19.5 Å². The quantitative estimate of drug-likeness (QED) is 0.897. The largest absolute Gasteiger partial charge is 0.493 e. The van der Waals surface area contributed by atoms with Gasteiger partial charge in [-0.1, -0.05) is 0 Å². The second-order valence-corrected chi connectivity index (χ2v) is 6.51. The average molecular weight is 344 g/mol. The molecule has 0 unspecified atom stereocenters. The van der Waals surface area contributed by atoms with Gasteiger partial charge in [0.2, 0.25) is 5.75 Å². The van der Waals surface area contributed by atoms with E-state index in [0.717, 1.165) is 35.9 Å². The van der Waals surface area contributed by atoms with Gasteiger partial charge in [-0.15, -0.1) is 10.2 Å².